The lowest BCUT2D eigenvalue weighted by molar-refractivity contribution is -0.155. The molecular weight excluding hydrogens is 270 g/mol. The van der Waals surface area contributed by atoms with Crippen LogP contribution in [0.15, 0.2) is 0 Å². The van der Waals surface area contributed by atoms with Crippen molar-refractivity contribution in [1.82, 2.24) is 4.90 Å². The first-order valence-electron chi connectivity index (χ1n) is 6.14. The van der Waals surface area contributed by atoms with Crippen LogP contribution in [0, 0.1) is 0 Å². The van der Waals surface area contributed by atoms with Gasteiger partial charge in [0, 0.05) is 32.8 Å². The molecule has 6 nitrogen and oxygen atoms in total. The van der Waals surface area contributed by atoms with E-state index in [1.165, 1.54) is 11.8 Å². The average Bonchev–Trinajstić information content (AvgIpc) is 2.37. The number of hydrogen-bond donors (Lipinski definition) is 1. The number of nitrogens with zero attached hydrogens (tertiary/aromatic N) is 1. The van der Waals surface area contributed by atoms with Crippen molar-refractivity contribution in [2.75, 3.05) is 19.4 Å². The lowest BCUT2D eigenvalue weighted by Gasteiger charge is -2.36. The summed E-state index contributed by atoms with van der Waals surface area (Å²) < 4.78 is 5.20. The van der Waals surface area contributed by atoms with Crippen LogP contribution in [0.5, 0.6) is 0 Å². The minimum atomic E-state index is -0.984. The van der Waals surface area contributed by atoms with E-state index < -0.39 is 12.0 Å². The molecule has 19 heavy (non-hydrogen) atoms. The number of aliphatic carboxylic acids is 1. The van der Waals surface area contributed by atoms with Gasteiger partial charge in [0.25, 0.3) is 0 Å². The largest absolute Gasteiger partial charge is 0.480 e. The first kappa shape index (κ1) is 16.0. The summed E-state index contributed by atoms with van der Waals surface area (Å²) in [5, 5.41) is 9.09. The number of piperidine rings is 1. The van der Waals surface area contributed by atoms with E-state index in [4.69, 9.17) is 9.84 Å². The van der Waals surface area contributed by atoms with Gasteiger partial charge in [-0.25, -0.2) is 4.79 Å². The van der Waals surface area contributed by atoms with Gasteiger partial charge in [0.05, 0.1) is 6.10 Å². The third-order valence-electron chi connectivity index (χ3n) is 3.10. The zero-order valence-corrected chi connectivity index (χ0v) is 11.9. The molecule has 0 saturated carbocycles. The van der Waals surface area contributed by atoms with Crippen LogP contribution in [0.4, 0.5) is 0 Å². The molecule has 1 N–H and O–H groups in total. The Kier molecular flexibility index (Phi) is 6.30. The van der Waals surface area contributed by atoms with Crippen molar-refractivity contribution in [2.45, 2.75) is 38.3 Å². The molecule has 2 atom stereocenters. The van der Waals surface area contributed by atoms with Crippen LogP contribution in [0.1, 0.15) is 26.2 Å². The molecule has 1 saturated heterocycles. The molecule has 0 aromatic heterocycles. The van der Waals surface area contributed by atoms with Gasteiger partial charge in [-0.15, -0.1) is 0 Å². The van der Waals surface area contributed by atoms with Crippen molar-refractivity contribution < 1.29 is 24.2 Å². The molecule has 0 bridgehead atoms. The summed E-state index contributed by atoms with van der Waals surface area (Å²) >= 11 is 1.07. The number of carbonyl (C=O) groups excluding carboxylic acids is 2. The van der Waals surface area contributed by atoms with Crippen LogP contribution in [0.25, 0.3) is 0 Å². The molecule has 0 aromatic carbocycles. The zero-order chi connectivity index (χ0) is 14.4. The molecule has 1 aliphatic rings. The average molecular weight is 289 g/mol. The molecule has 2 unspecified atom stereocenters. The maximum Gasteiger partial charge on any atom is 0.326 e. The number of hydrogen-bond acceptors (Lipinski definition) is 5. The predicted octanol–water partition coefficient (Wildman–Crippen LogP) is 0.747. The monoisotopic (exact) mass is 289 g/mol. The molecule has 0 spiro atoms. The lowest BCUT2D eigenvalue weighted by Crippen LogP contribution is -2.52. The Morgan fingerprint density at radius 3 is 2.58 bits per heavy atom. The van der Waals surface area contributed by atoms with E-state index in [2.05, 4.69) is 0 Å². The summed E-state index contributed by atoms with van der Waals surface area (Å²) in [6.45, 7) is 1.74. The van der Waals surface area contributed by atoms with Crippen LogP contribution in [-0.2, 0) is 19.1 Å². The molecule has 1 amide bonds. The highest BCUT2D eigenvalue weighted by atomic mass is 32.2. The Labute approximate surface area is 116 Å². The Bertz CT molecular complexity index is 360. The molecule has 7 heteroatoms. The van der Waals surface area contributed by atoms with Gasteiger partial charge < -0.3 is 14.7 Å². The predicted molar refractivity (Wildman–Crippen MR) is 70.9 cm³/mol. The maximum absolute atomic E-state index is 12.0. The van der Waals surface area contributed by atoms with E-state index in [0.29, 0.717) is 25.1 Å². The SMILES string of the molecule is COC1CCC(C(=O)O)N(C(=O)CCSC(C)=O)C1. The van der Waals surface area contributed by atoms with Gasteiger partial charge in [0.2, 0.25) is 5.91 Å². The van der Waals surface area contributed by atoms with Gasteiger partial charge in [0.1, 0.15) is 6.04 Å². The minimum absolute atomic E-state index is 0.0454. The Balaban J connectivity index is 2.59. The maximum atomic E-state index is 12.0. The highest BCUT2D eigenvalue weighted by Gasteiger charge is 2.35. The second kappa shape index (κ2) is 7.49. The normalized spacial score (nSPS) is 23.2. The van der Waals surface area contributed by atoms with Crippen molar-refractivity contribution in [1.29, 1.82) is 0 Å². The van der Waals surface area contributed by atoms with Crippen molar-refractivity contribution in [3.05, 3.63) is 0 Å². The van der Waals surface area contributed by atoms with E-state index in [-0.39, 0.29) is 23.5 Å². The van der Waals surface area contributed by atoms with Crippen molar-refractivity contribution in [2.24, 2.45) is 0 Å². The molecule has 1 aliphatic heterocycles. The number of rotatable bonds is 5. The first-order chi connectivity index (χ1) is 8.95. The molecular formula is C12H19NO5S. The highest BCUT2D eigenvalue weighted by molar-refractivity contribution is 8.13. The Morgan fingerprint density at radius 2 is 2.05 bits per heavy atom. The molecule has 1 fully saturated rings. The van der Waals surface area contributed by atoms with Gasteiger partial charge in [-0.3, -0.25) is 9.59 Å². The summed E-state index contributed by atoms with van der Waals surface area (Å²) in [6.07, 6.45) is 1.10. The fourth-order valence-electron chi connectivity index (χ4n) is 2.09. The standard InChI is InChI=1S/C12H19NO5S/c1-8(14)19-6-5-11(15)13-7-9(18-2)3-4-10(13)12(16)17/h9-10H,3-7H2,1-2H3,(H,16,17). The van der Waals surface area contributed by atoms with E-state index in [1.807, 2.05) is 0 Å². The topological polar surface area (TPSA) is 83.9 Å². The van der Waals surface area contributed by atoms with Crippen LogP contribution in [0.3, 0.4) is 0 Å². The van der Waals surface area contributed by atoms with Gasteiger partial charge in [-0.1, -0.05) is 11.8 Å². The Morgan fingerprint density at radius 1 is 1.37 bits per heavy atom. The van der Waals surface area contributed by atoms with E-state index in [1.54, 1.807) is 7.11 Å². The first-order valence-corrected chi connectivity index (χ1v) is 7.12. The number of amides is 1. The van der Waals surface area contributed by atoms with Gasteiger partial charge >= 0.3 is 5.97 Å². The summed E-state index contributed by atoms with van der Waals surface area (Å²) in [6, 6.07) is -0.777. The van der Waals surface area contributed by atoms with Crippen LogP contribution in [0.2, 0.25) is 0 Å². The molecule has 1 heterocycles. The van der Waals surface area contributed by atoms with E-state index in [0.717, 1.165) is 11.8 Å². The number of thioether (sulfide) groups is 1. The lowest BCUT2D eigenvalue weighted by atomic mass is 9.99. The van der Waals surface area contributed by atoms with Gasteiger partial charge in [-0.2, -0.15) is 0 Å². The smallest absolute Gasteiger partial charge is 0.326 e. The van der Waals surface area contributed by atoms with Gasteiger partial charge in [0.15, 0.2) is 5.12 Å². The highest BCUT2D eigenvalue weighted by Crippen LogP contribution is 2.21. The summed E-state index contributed by atoms with van der Waals surface area (Å²) in [4.78, 5) is 35.3. The van der Waals surface area contributed by atoms with Crippen LogP contribution < -0.4 is 0 Å². The second-order valence-electron chi connectivity index (χ2n) is 4.43. The second-order valence-corrected chi connectivity index (χ2v) is 5.70. The molecule has 0 aromatic rings. The fourth-order valence-corrected chi connectivity index (χ4v) is 2.65. The van der Waals surface area contributed by atoms with Crippen LogP contribution >= 0.6 is 11.8 Å². The zero-order valence-electron chi connectivity index (χ0n) is 11.1. The summed E-state index contributed by atoms with van der Waals surface area (Å²) in [5.74, 6) is -0.834. The van der Waals surface area contributed by atoms with Crippen molar-refractivity contribution >= 4 is 28.8 Å². The number of ether oxygens (including phenoxy) is 1. The number of likely N-dealkylation sites (tertiary alicyclic amines) is 1. The van der Waals surface area contributed by atoms with Crippen LogP contribution in [-0.4, -0.2) is 58.6 Å². The molecule has 1 rings (SSSR count). The number of carboxylic acid groups (broad SMARTS) is 1. The molecule has 0 radical (unpaired) electrons. The third-order valence-corrected chi connectivity index (χ3v) is 3.91. The number of carbonyl (C=O) groups is 3. The summed E-state index contributed by atoms with van der Waals surface area (Å²) in [7, 11) is 1.56. The molecule has 0 aliphatic carbocycles. The minimum Gasteiger partial charge on any atom is -0.480 e. The quantitative estimate of drug-likeness (QED) is 0.804. The number of carboxylic acids is 1. The summed E-state index contributed by atoms with van der Waals surface area (Å²) in [5.41, 5.74) is 0. The Hall–Kier alpha value is -1.08. The van der Waals surface area contributed by atoms with E-state index in [9.17, 15) is 14.4 Å². The van der Waals surface area contributed by atoms with Crippen molar-refractivity contribution in [3.8, 4) is 0 Å². The van der Waals surface area contributed by atoms with Crippen molar-refractivity contribution in [3.63, 3.8) is 0 Å². The fraction of sp³-hybridized carbons (Fsp3) is 0.750. The molecule has 108 valence electrons. The van der Waals surface area contributed by atoms with E-state index >= 15 is 0 Å². The third kappa shape index (κ3) is 4.83. The van der Waals surface area contributed by atoms with Gasteiger partial charge in [-0.05, 0) is 12.8 Å². The number of methoxy groups -OCH3 is 1.